The van der Waals surface area contributed by atoms with Crippen molar-refractivity contribution in [3.63, 3.8) is 0 Å². The van der Waals surface area contributed by atoms with Crippen molar-refractivity contribution in [3.05, 3.63) is 70.3 Å². The first kappa shape index (κ1) is 13.9. The zero-order valence-electron chi connectivity index (χ0n) is 11.0. The lowest BCUT2D eigenvalue weighted by Crippen LogP contribution is -2.09. The quantitative estimate of drug-likeness (QED) is 0.787. The van der Waals surface area contributed by atoms with Crippen molar-refractivity contribution >= 4 is 16.7 Å². The Labute approximate surface area is 122 Å². The topological polar surface area (TPSA) is 67.5 Å². The van der Waals surface area contributed by atoms with Crippen molar-refractivity contribution in [2.45, 2.75) is 0 Å². The Morgan fingerprint density at radius 1 is 1.00 bits per heavy atom. The SMILES string of the molecule is O=C(O)c1oc(=O)c2ccccc2c1-c1ccc(F)c(F)c1. The predicted molar refractivity (Wildman–Crippen MR) is 74.8 cm³/mol. The van der Waals surface area contributed by atoms with E-state index in [0.29, 0.717) is 5.39 Å². The van der Waals surface area contributed by atoms with Gasteiger partial charge in [-0.25, -0.2) is 18.4 Å². The molecule has 0 spiro atoms. The molecule has 0 bridgehead atoms. The second-order valence-electron chi connectivity index (χ2n) is 4.57. The summed E-state index contributed by atoms with van der Waals surface area (Å²) in [7, 11) is 0. The van der Waals surface area contributed by atoms with Gasteiger partial charge in [0.25, 0.3) is 0 Å². The molecule has 0 radical (unpaired) electrons. The Bertz CT molecular complexity index is 960. The number of carbonyl (C=O) groups is 1. The molecule has 0 aliphatic rings. The lowest BCUT2D eigenvalue weighted by Gasteiger charge is -2.09. The predicted octanol–water partition coefficient (Wildman–Crippen LogP) is 3.44. The van der Waals surface area contributed by atoms with Crippen LogP contribution in [0.3, 0.4) is 0 Å². The van der Waals surface area contributed by atoms with Crippen molar-refractivity contribution in [2.75, 3.05) is 0 Å². The zero-order chi connectivity index (χ0) is 15.9. The van der Waals surface area contributed by atoms with Gasteiger partial charge >= 0.3 is 11.6 Å². The van der Waals surface area contributed by atoms with Crippen molar-refractivity contribution in [3.8, 4) is 11.1 Å². The number of halogens is 2. The molecule has 6 heteroatoms. The van der Waals surface area contributed by atoms with Crippen LogP contribution in [-0.4, -0.2) is 11.1 Å². The smallest absolute Gasteiger partial charge is 0.372 e. The maximum Gasteiger partial charge on any atom is 0.372 e. The Balaban J connectivity index is 2.47. The van der Waals surface area contributed by atoms with Crippen LogP contribution >= 0.6 is 0 Å². The summed E-state index contributed by atoms with van der Waals surface area (Å²) in [6.07, 6.45) is 0. The van der Waals surface area contributed by atoms with Crippen LogP contribution in [0.5, 0.6) is 0 Å². The Morgan fingerprint density at radius 3 is 2.32 bits per heavy atom. The normalized spacial score (nSPS) is 10.8. The summed E-state index contributed by atoms with van der Waals surface area (Å²) >= 11 is 0. The van der Waals surface area contributed by atoms with Gasteiger partial charge in [-0.3, -0.25) is 0 Å². The molecule has 1 heterocycles. The molecule has 2 aromatic carbocycles. The van der Waals surface area contributed by atoms with Gasteiger partial charge in [-0.15, -0.1) is 0 Å². The van der Waals surface area contributed by atoms with E-state index >= 15 is 0 Å². The van der Waals surface area contributed by atoms with Gasteiger partial charge in [0.1, 0.15) is 0 Å². The minimum absolute atomic E-state index is 0.0293. The third kappa shape index (κ3) is 2.14. The van der Waals surface area contributed by atoms with Crippen molar-refractivity contribution < 1.29 is 23.1 Å². The molecule has 3 rings (SSSR count). The molecule has 22 heavy (non-hydrogen) atoms. The van der Waals surface area contributed by atoms with E-state index in [1.54, 1.807) is 12.1 Å². The third-order valence-corrected chi connectivity index (χ3v) is 3.24. The van der Waals surface area contributed by atoms with Gasteiger partial charge in [-0.1, -0.05) is 24.3 Å². The van der Waals surface area contributed by atoms with E-state index in [1.807, 2.05) is 0 Å². The Morgan fingerprint density at radius 2 is 1.68 bits per heavy atom. The molecule has 0 saturated heterocycles. The summed E-state index contributed by atoms with van der Waals surface area (Å²) in [4.78, 5) is 23.2. The van der Waals surface area contributed by atoms with Gasteiger partial charge in [0, 0.05) is 10.9 Å². The van der Waals surface area contributed by atoms with E-state index in [-0.39, 0.29) is 16.5 Å². The zero-order valence-corrected chi connectivity index (χ0v) is 11.0. The second kappa shape index (κ2) is 5.07. The monoisotopic (exact) mass is 302 g/mol. The number of aromatic carboxylic acids is 1. The van der Waals surface area contributed by atoms with Gasteiger partial charge in [0.2, 0.25) is 5.76 Å². The van der Waals surface area contributed by atoms with Crippen LogP contribution in [-0.2, 0) is 0 Å². The van der Waals surface area contributed by atoms with Gasteiger partial charge in [0.05, 0.1) is 5.39 Å². The van der Waals surface area contributed by atoms with Crippen molar-refractivity contribution in [1.82, 2.24) is 0 Å². The van der Waals surface area contributed by atoms with Crippen LogP contribution in [0.2, 0.25) is 0 Å². The van der Waals surface area contributed by atoms with Crippen LogP contribution < -0.4 is 5.63 Å². The van der Waals surface area contributed by atoms with Crippen LogP contribution in [0.25, 0.3) is 21.9 Å². The van der Waals surface area contributed by atoms with E-state index in [2.05, 4.69) is 0 Å². The van der Waals surface area contributed by atoms with E-state index in [9.17, 15) is 23.5 Å². The summed E-state index contributed by atoms with van der Waals surface area (Å²) in [6, 6.07) is 9.17. The lowest BCUT2D eigenvalue weighted by molar-refractivity contribution is 0.0659. The summed E-state index contributed by atoms with van der Waals surface area (Å²) < 4.78 is 31.4. The standard InChI is InChI=1S/C16H8F2O4/c17-11-6-5-8(7-12(11)18)13-9-3-1-2-4-10(9)16(21)22-14(13)15(19)20/h1-7H,(H,19,20). The summed E-state index contributed by atoms with van der Waals surface area (Å²) in [5.74, 6) is -4.26. The molecular formula is C16H8F2O4. The molecule has 0 fully saturated rings. The molecule has 0 amide bonds. The van der Waals surface area contributed by atoms with Crippen LogP contribution in [0.1, 0.15) is 10.6 Å². The fourth-order valence-corrected chi connectivity index (χ4v) is 2.29. The summed E-state index contributed by atoms with van der Waals surface area (Å²) in [5.41, 5.74) is -0.669. The average molecular weight is 302 g/mol. The molecule has 1 N–H and O–H groups in total. The Hall–Kier alpha value is -3.02. The highest BCUT2D eigenvalue weighted by molar-refractivity contribution is 6.04. The van der Waals surface area contributed by atoms with E-state index in [1.165, 1.54) is 18.2 Å². The molecule has 0 unspecified atom stereocenters. The van der Waals surface area contributed by atoms with Crippen LogP contribution in [0.4, 0.5) is 8.78 Å². The molecular weight excluding hydrogens is 294 g/mol. The fourth-order valence-electron chi connectivity index (χ4n) is 2.29. The van der Waals surface area contributed by atoms with Gasteiger partial charge in [0.15, 0.2) is 11.6 Å². The largest absolute Gasteiger partial charge is 0.475 e. The first-order chi connectivity index (χ1) is 10.5. The van der Waals surface area contributed by atoms with Crippen molar-refractivity contribution in [1.29, 1.82) is 0 Å². The van der Waals surface area contributed by atoms with E-state index in [0.717, 1.165) is 12.1 Å². The molecule has 0 aliphatic heterocycles. The highest BCUT2D eigenvalue weighted by atomic mass is 19.2. The fraction of sp³-hybridized carbons (Fsp3) is 0. The number of hydrogen-bond acceptors (Lipinski definition) is 3. The molecule has 110 valence electrons. The van der Waals surface area contributed by atoms with Crippen LogP contribution in [0, 0.1) is 11.6 Å². The molecule has 4 nitrogen and oxygen atoms in total. The maximum absolute atomic E-state index is 13.5. The molecule has 3 aromatic rings. The second-order valence-corrected chi connectivity index (χ2v) is 4.57. The highest BCUT2D eigenvalue weighted by Gasteiger charge is 2.21. The van der Waals surface area contributed by atoms with Gasteiger partial charge in [-0.05, 0) is 23.8 Å². The number of carboxylic acids is 1. The Kier molecular flexibility index (Phi) is 3.21. The highest BCUT2D eigenvalue weighted by Crippen LogP contribution is 2.31. The molecule has 0 saturated carbocycles. The van der Waals surface area contributed by atoms with Crippen LogP contribution in [0.15, 0.2) is 51.7 Å². The lowest BCUT2D eigenvalue weighted by atomic mass is 9.98. The van der Waals surface area contributed by atoms with Gasteiger partial charge in [-0.2, -0.15) is 0 Å². The summed E-state index contributed by atoms with van der Waals surface area (Å²) in [6.45, 7) is 0. The van der Waals surface area contributed by atoms with E-state index < -0.39 is 29.0 Å². The molecule has 0 aliphatic carbocycles. The number of benzene rings is 2. The van der Waals surface area contributed by atoms with Gasteiger partial charge < -0.3 is 9.52 Å². The first-order valence-corrected chi connectivity index (χ1v) is 6.23. The minimum atomic E-state index is -1.47. The number of fused-ring (bicyclic) bond motifs is 1. The minimum Gasteiger partial charge on any atom is -0.475 e. The molecule has 1 aromatic heterocycles. The number of carboxylic acid groups (broad SMARTS) is 1. The van der Waals surface area contributed by atoms with Crippen molar-refractivity contribution in [2.24, 2.45) is 0 Å². The number of hydrogen-bond donors (Lipinski definition) is 1. The molecule has 0 atom stereocenters. The average Bonchev–Trinajstić information content (AvgIpc) is 2.50. The third-order valence-electron chi connectivity index (χ3n) is 3.24. The first-order valence-electron chi connectivity index (χ1n) is 6.23. The maximum atomic E-state index is 13.5. The number of rotatable bonds is 2. The summed E-state index contributed by atoms with van der Waals surface area (Å²) in [5, 5.41) is 9.69. The van der Waals surface area contributed by atoms with E-state index in [4.69, 9.17) is 4.42 Å².